The summed E-state index contributed by atoms with van der Waals surface area (Å²) in [7, 11) is 0. The lowest BCUT2D eigenvalue weighted by atomic mass is 9.71. The predicted molar refractivity (Wildman–Crippen MR) is 103 cm³/mol. The summed E-state index contributed by atoms with van der Waals surface area (Å²) in [6.07, 6.45) is 7.77. The molecule has 25 heavy (non-hydrogen) atoms. The summed E-state index contributed by atoms with van der Waals surface area (Å²) in [6, 6.07) is 0. The summed E-state index contributed by atoms with van der Waals surface area (Å²) in [6.45, 7) is 12.0. The highest BCUT2D eigenvalue weighted by Gasteiger charge is 2.29. The normalized spacial score (nSPS) is 20.6. The van der Waals surface area contributed by atoms with Gasteiger partial charge in [0.1, 0.15) is 5.82 Å². The predicted octanol–water partition coefficient (Wildman–Crippen LogP) is 4.00. The lowest BCUT2D eigenvalue weighted by Crippen LogP contribution is -2.37. The van der Waals surface area contributed by atoms with Gasteiger partial charge in [0.25, 0.3) is 5.56 Å². The van der Waals surface area contributed by atoms with E-state index in [1.807, 2.05) is 0 Å². The molecule has 2 aliphatic rings. The number of aryl methyl sites for hydroxylation is 1. The quantitative estimate of drug-likeness (QED) is 0.822. The summed E-state index contributed by atoms with van der Waals surface area (Å²) in [5.41, 5.74) is 5.57. The molecule has 0 aromatic carbocycles. The Kier molecular flexibility index (Phi) is 5.47. The standard InChI is InChI=1S/C21H33N3O/c1-5-7-19-22-18-10-13-24(14-16(18)20(25)23-19)12-9-17-15(2)8-6-11-21(17,3)4/h5-14H2,1-4H3,(H,22,23,25). The Morgan fingerprint density at radius 1 is 1.24 bits per heavy atom. The summed E-state index contributed by atoms with van der Waals surface area (Å²) in [5.74, 6) is 0.851. The van der Waals surface area contributed by atoms with E-state index in [0.717, 1.165) is 62.4 Å². The van der Waals surface area contributed by atoms with Gasteiger partial charge in [0.2, 0.25) is 0 Å². The van der Waals surface area contributed by atoms with Crippen LogP contribution >= 0.6 is 0 Å². The second-order valence-corrected chi connectivity index (χ2v) is 8.46. The van der Waals surface area contributed by atoms with Crippen LogP contribution in [0.2, 0.25) is 0 Å². The maximum absolute atomic E-state index is 12.4. The van der Waals surface area contributed by atoms with Crippen LogP contribution in [-0.2, 0) is 19.4 Å². The van der Waals surface area contributed by atoms with Crippen LogP contribution < -0.4 is 5.56 Å². The van der Waals surface area contributed by atoms with Crippen LogP contribution in [0.15, 0.2) is 15.9 Å². The fourth-order valence-electron chi connectivity index (χ4n) is 4.58. The zero-order valence-corrected chi connectivity index (χ0v) is 16.4. The molecule has 2 heterocycles. The van der Waals surface area contributed by atoms with Crippen molar-refractivity contribution in [3.8, 4) is 0 Å². The molecule has 1 N–H and O–H groups in total. The molecule has 1 aliphatic heterocycles. The van der Waals surface area contributed by atoms with Crippen LogP contribution in [0.4, 0.5) is 0 Å². The molecule has 3 rings (SSSR count). The van der Waals surface area contributed by atoms with E-state index in [0.29, 0.717) is 5.41 Å². The van der Waals surface area contributed by atoms with Gasteiger partial charge >= 0.3 is 0 Å². The molecule has 0 bridgehead atoms. The maximum Gasteiger partial charge on any atom is 0.255 e. The van der Waals surface area contributed by atoms with E-state index in [-0.39, 0.29) is 5.56 Å². The third-order valence-electron chi connectivity index (χ3n) is 6.05. The number of hydrogen-bond acceptors (Lipinski definition) is 3. The van der Waals surface area contributed by atoms with Gasteiger partial charge in [0.05, 0.1) is 11.3 Å². The molecule has 0 spiro atoms. The number of nitrogens with one attached hydrogen (secondary N) is 1. The van der Waals surface area contributed by atoms with Crippen LogP contribution in [0.5, 0.6) is 0 Å². The van der Waals surface area contributed by atoms with Crippen molar-refractivity contribution in [2.24, 2.45) is 5.41 Å². The monoisotopic (exact) mass is 343 g/mol. The van der Waals surface area contributed by atoms with Crippen LogP contribution in [-0.4, -0.2) is 28.0 Å². The SMILES string of the molecule is CCCc1nc2c(c(=O)[nH]1)CN(CCC1=C(C)CCCC1(C)C)CC2. The number of H-pyrrole nitrogens is 1. The summed E-state index contributed by atoms with van der Waals surface area (Å²) in [4.78, 5) is 22.5. The maximum atomic E-state index is 12.4. The molecule has 0 atom stereocenters. The molecule has 0 radical (unpaired) electrons. The minimum atomic E-state index is 0.0755. The zero-order valence-electron chi connectivity index (χ0n) is 16.4. The van der Waals surface area contributed by atoms with E-state index in [1.165, 1.54) is 19.3 Å². The largest absolute Gasteiger partial charge is 0.310 e. The van der Waals surface area contributed by atoms with Crippen molar-refractivity contribution >= 4 is 0 Å². The fraction of sp³-hybridized carbons (Fsp3) is 0.714. The van der Waals surface area contributed by atoms with Gasteiger partial charge in [-0.3, -0.25) is 9.69 Å². The highest BCUT2D eigenvalue weighted by molar-refractivity contribution is 5.24. The van der Waals surface area contributed by atoms with Crippen molar-refractivity contribution in [3.63, 3.8) is 0 Å². The lowest BCUT2D eigenvalue weighted by Gasteiger charge is -2.36. The topological polar surface area (TPSA) is 49.0 Å². The van der Waals surface area contributed by atoms with Crippen molar-refractivity contribution in [1.29, 1.82) is 0 Å². The third-order valence-corrected chi connectivity index (χ3v) is 6.05. The number of rotatable bonds is 5. The van der Waals surface area contributed by atoms with E-state index < -0.39 is 0 Å². The molecule has 1 aliphatic carbocycles. The van der Waals surface area contributed by atoms with Gasteiger partial charge in [-0.2, -0.15) is 0 Å². The Hall–Kier alpha value is -1.42. The lowest BCUT2D eigenvalue weighted by molar-refractivity contribution is 0.241. The molecule has 0 fully saturated rings. The van der Waals surface area contributed by atoms with Gasteiger partial charge in [-0.1, -0.05) is 31.9 Å². The smallest absolute Gasteiger partial charge is 0.255 e. The first kappa shape index (κ1) is 18.4. The first-order chi connectivity index (χ1) is 11.9. The molecule has 0 unspecified atom stereocenters. The average Bonchev–Trinajstić information content (AvgIpc) is 2.54. The summed E-state index contributed by atoms with van der Waals surface area (Å²) >= 11 is 0. The van der Waals surface area contributed by atoms with Crippen LogP contribution in [0, 0.1) is 5.41 Å². The number of hydrogen-bond donors (Lipinski definition) is 1. The number of aromatic nitrogens is 2. The summed E-state index contributed by atoms with van der Waals surface area (Å²) in [5, 5.41) is 0. The molecular weight excluding hydrogens is 310 g/mol. The van der Waals surface area contributed by atoms with Crippen LogP contribution in [0.25, 0.3) is 0 Å². The molecule has 4 heteroatoms. The van der Waals surface area contributed by atoms with Crippen molar-refractivity contribution < 1.29 is 0 Å². The number of nitrogens with zero attached hydrogens (tertiary/aromatic N) is 2. The van der Waals surface area contributed by atoms with Gasteiger partial charge in [0.15, 0.2) is 0 Å². The minimum absolute atomic E-state index is 0.0755. The average molecular weight is 344 g/mol. The number of allylic oxidation sites excluding steroid dienone is 1. The minimum Gasteiger partial charge on any atom is -0.310 e. The number of aromatic amines is 1. The molecule has 1 aromatic heterocycles. The van der Waals surface area contributed by atoms with Crippen molar-refractivity contribution in [1.82, 2.24) is 14.9 Å². The van der Waals surface area contributed by atoms with E-state index in [4.69, 9.17) is 4.98 Å². The Balaban J connectivity index is 1.68. The van der Waals surface area contributed by atoms with Crippen molar-refractivity contribution in [2.45, 2.75) is 79.2 Å². The number of fused-ring (bicyclic) bond motifs is 1. The van der Waals surface area contributed by atoms with Gasteiger partial charge in [0, 0.05) is 32.5 Å². The second kappa shape index (κ2) is 7.45. The third kappa shape index (κ3) is 4.05. The summed E-state index contributed by atoms with van der Waals surface area (Å²) < 4.78 is 0. The van der Waals surface area contributed by atoms with Crippen molar-refractivity contribution in [3.05, 3.63) is 38.6 Å². The van der Waals surface area contributed by atoms with Gasteiger partial charge in [-0.15, -0.1) is 0 Å². The van der Waals surface area contributed by atoms with Gasteiger partial charge in [-0.25, -0.2) is 4.98 Å². The molecule has 4 nitrogen and oxygen atoms in total. The Morgan fingerprint density at radius 3 is 2.76 bits per heavy atom. The first-order valence-corrected chi connectivity index (χ1v) is 9.93. The molecule has 138 valence electrons. The highest BCUT2D eigenvalue weighted by atomic mass is 16.1. The Bertz CT molecular complexity index is 714. The molecule has 0 amide bonds. The van der Waals surface area contributed by atoms with Crippen molar-refractivity contribution in [2.75, 3.05) is 13.1 Å². The molecular formula is C21H33N3O. The van der Waals surface area contributed by atoms with E-state index in [9.17, 15) is 4.79 Å². The van der Waals surface area contributed by atoms with Gasteiger partial charge < -0.3 is 4.98 Å². The van der Waals surface area contributed by atoms with E-state index >= 15 is 0 Å². The van der Waals surface area contributed by atoms with E-state index in [1.54, 1.807) is 11.1 Å². The molecule has 0 saturated heterocycles. The molecule has 1 aromatic rings. The molecule has 0 saturated carbocycles. The Labute approximate surface area is 151 Å². The van der Waals surface area contributed by atoms with Crippen LogP contribution in [0.1, 0.15) is 76.9 Å². The zero-order chi connectivity index (χ0) is 18.0. The van der Waals surface area contributed by atoms with Gasteiger partial charge in [-0.05, 0) is 44.4 Å². The first-order valence-electron chi connectivity index (χ1n) is 9.93. The fourth-order valence-corrected chi connectivity index (χ4v) is 4.58. The second-order valence-electron chi connectivity index (χ2n) is 8.46. The Morgan fingerprint density at radius 2 is 2.04 bits per heavy atom. The highest BCUT2D eigenvalue weighted by Crippen LogP contribution is 2.41. The van der Waals surface area contributed by atoms with E-state index in [2.05, 4.69) is 37.6 Å². The van der Waals surface area contributed by atoms with Crippen LogP contribution in [0.3, 0.4) is 0 Å².